The van der Waals surface area contributed by atoms with Gasteiger partial charge in [0.15, 0.2) is 0 Å². The van der Waals surface area contributed by atoms with E-state index >= 15 is 0 Å². The first kappa shape index (κ1) is 15.3. The van der Waals surface area contributed by atoms with Crippen LogP contribution in [0.4, 0.5) is 5.00 Å². The maximum Gasteiger partial charge on any atom is 0.249 e. The third-order valence-electron chi connectivity index (χ3n) is 4.66. The summed E-state index contributed by atoms with van der Waals surface area (Å²) in [4.78, 5) is 20.6. The molecule has 0 N–H and O–H groups in total. The maximum absolute atomic E-state index is 12.6. The normalized spacial score (nSPS) is 16.5. The summed E-state index contributed by atoms with van der Waals surface area (Å²) in [6.07, 6.45) is 5.20. The molecule has 0 fully saturated rings. The van der Waals surface area contributed by atoms with Crippen LogP contribution in [0.25, 0.3) is 0 Å². The lowest BCUT2D eigenvalue weighted by molar-refractivity contribution is -0.117. The Balaban J connectivity index is 1.94. The Morgan fingerprint density at radius 2 is 2.25 bits per heavy atom. The zero-order valence-electron chi connectivity index (χ0n) is 13.8. The monoisotopic (exact) mass is 336 g/mol. The van der Waals surface area contributed by atoms with Crippen LogP contribution in [0.2, 0.25) is 0 Å². The molecule has 24 heavy (non-hydrogen) atoms. The van der Waals surface area contributed by atoms with Gasteiger partial charge in [-0.3, -0.25) is 14.7 Å². The van der Waals surface area contributed by atoms with E-state index in [0.717, 1.165) is 29.1 Å². The van der Waals surface area contributed by atoms with Crippen LogP contribution in [0.5, 0.6) is 0 Å². The number of aryl methyl sites for hydroxylation is 2. The number of nitrogens with zero attached hydrogens (tertiary/aromatic N) is 2. The van der Waals surface area contributed by atoms with Gasteiger partial charge >= 0.3 is 0 Å². The predicted octanol–water partition coefficient (Wildman–Crippen LogP) is 3.92. The third-order valence-corrected chi connectivity index (χ3v) is 5.98. The van der Waals surface area contributed by atoms with Gasteiger partial charge in [-0.25, -0.2) is 0 Å². The van der Waals surface area contributed by atoms with Crippen molar-refractivity contribution in [3.05, 3.63) is 64.1 Å². The van der Waals surface area contributed by atoms with Crippen molar-refractivity contribution in [2.45, 2.75) is 26.2 Å². The maximum atomic E-state index is 12.6. The van der Waals surface area contributed by atoms with Crippen molar-refractivity contribution >= 4 is 28.0 Å². The van der Waals surface area contributed by atoms with E-state index in [1.807, 2.05) is 4.90 Å². The largest absolute Gasteiger partial charge is 0.298 e. The van der Waals surface area contributed by atoms with Crippen LogP contribution in [0.3, 0.4) is 0 Å². The summed E-state index contributed by atoms with van der Waals surface area (Å²) in [5.74, 6) is 0.0544. The fraction of sp³-hybridized carbons (Fsp3) is 0.300. The molecular weight excluding hydrogens is 316 g/mol. The van der Waals surface area contributed by atoms with E-state index in [9.17, 15) is 4.79 Å². The molecule has 2 aromatic rings. The van der Waals surface area contributed by atoms with Crippen molar-refractivity contribution in [1.29, 1.82) is 0 Å². The highest BCUT2D eigenvalue weighted by molar-refractivity contribution is 7.17. The molecule has 1 aromatic carbocycles. The first-order valence-corrected chi connectivity index (χ1v) is 9.18. The van der Waals surface area contributed by atoms with Crippen LogP contribution in [-0.2, 0) is 17.6 Å². The van der Waals surface area contributed by atoms with Gasteiger partial charge < -0.3 is 0 Å². The second-order valence-electron chi connectivity index (χ2n) is 6.36. The summed E-state index contributed by atoms with van der Waals surface area (Å²) < 4.78 is 0. The first-order chi connectivity index (χ1) is 11.7. The Kier molecular flexibility index (Phi) is 3.85. The lowest BCUT2D eigenvalue weighted by atomic mass is 9.98. The Bertz CT molecular complexity index is 863. The van der Waals surface area contributed by atoms with Gasteiger partial charge in [0.05, 0.1) is 5.71 Å². The van der Waals surface area contributed by atoms with Crippen LogP contribution in [0.1, 0.15) is 33.6 Å². The van der Waals surface area contributed by atoms with Crippen LogP contribution >= 0.6 is 11.3 Å². The molecule has 1 amide bonds. The quantitative estimate of drug-likeness (QED) is 0.782. The Labute approximate surface area is 146 Å². The number of carbonyl (C=O) groups is 1. The molecule has 1 aromatic heterocycles. The highest BCUT2D eigenvalue weighted by Crippen LogP contribution is 2.43. The first-order valence-electron chi connectivity index (χ1n) is 8.36. The van der Waals surface area contributed by atoms with E-state index in [2.05, 4.69) is 37.8 Å². The Morgan fingerprint density at radius 3 is 3.04 bits per heavy atom. The molecule has 0 radical (unpaired) electrons. The number of rotatable bonds is 3. The highest BCUT2D eigenvalue weighted by Gasteiger charge is 2.32. The SMILES string of the molecule is C=CCN1C(=O)CN=C(c2cccc(C)c2)c2c1sc1c2CCC1. The summed E-state index contributed by atoms with van der Waals surface area (Å²) in [6.45, 7) is 6.66. The second-order valence-corrected chi connectivity index (χ2v) is 7.45. The zero-order chi connectivity index (χ0) is 16.7. The number of aliphatic imine (C=N–C) groups is 1. The van der Waals surface area contributed by atoms with Crippen molar-refractivity contribution in [1.82, 2.24) is 0 Å². The zero-order valence-corrected chi connectivity index (χ0v) is 14.7. The lowest BCUT2D eigenvalue weighted by Gasteiger charge is -2.19. The molecule has 4 heteroatoms. The molecule has 4 rings (SSSR count). The summed E-state index contributed by atoms with van der Waals surface area (Å²) >= 11 is 1.77. The third kappa shape index (κ3) is 2.42. The van der Waals surface area contributed by atoms with Gasteiger partial charge in [-0.05, 0) is 37.8 Å². The average molecular weight is 336 g/mol. The fourth-order valence-electron chi connectivity index (χ4n) is 3.59. The van der Waals surface area contributed by atoms with Crippen LogP contribution in [0, 0.1) is 6.92 Å². The molecule has 2 heterocycles. The molecular formula is C20H20N2OS. The molecule has 1 aliphatic heterocycles. The van der Waals surface area contributed by atoms with Gasteiger partial charge in [0.1, 0.15) is 11.5 Å². The van der Waals surface area contributed by atoms with Crippen molar-refractivity contribution in [3.8, 4) is 0 Å². The number of benzene rings is 1. The number of fused-ring (bicyclic) bond motifs is 3. The predicted molar refractivity (Wildman–Crippen MR) is 101 cm³/mol. The van der Waals surface area contributed by atoms with E-state index in [0.29, 0.717) is 6.54 Å². The summed E-state index contributed by atoms with van der Waals surface area (Å²) in [5, 5.41) is 1.06. The molecule has 0 unspecified atom stereocenters. The molecule has 0 atom stereocenters. The number of hydrogen-bond donors (Lipinski definition) is 0. The molecule has 0 bridgehead atoms. The van der Waals surface area contributed by atoms with E-state index in [-0.39, 0.29) is 12.5 Å². The average Bonchev–Trinajstić information content (AvgIpc) is 3.11. The van der Waals surface area contributed by atoms with Crippen LogP contribution in [0.15, 0.2) is 41.9 Å². The molecule has 1 aliphatic carbocycles. The Hall–Kier alpha value is -2.20. The minimum atomic E-state index is 0.0544. The second kappa shape index (κ2) is 6.02. The minimum Gasteiger partial charge on any atom is -0.298 e. The van der Waals surface area contributed by atoms with Gasteiger partial charge in [-0.15, -0.1) is 17.9 Å². The smallest absolute Gasteiger partial charge is 0.249 e. The molecule has 0 saturated carbocycles. The van der Waals surface area contributed by atoms with Crippen LogP contribution < -0.4 is 4.90 Å². The van der Waals surface area contributed by atoms with Gasteiger partial charge in [0.2, 0.25) is 5.91 Å². The number of amides is 1. The molecule has 122 valence electrons. The van der Waals surface area contributed by atoms with Crippen molar-refractivity contribution < 1.29 is 4.79 Å². The van der Waals surface area contributed by atoms with Crippen molar-refractivity contribution in [3.63, 3.8) is 0 Å². The van der Waals surface area contributed by atoms with E-state index < -0.39 is 0 Å². The van der Waals surface area contributed by atoms with E-state index in [1.54, 1.807) is 17.4 Å². The van der Waals surface area contributed by atoms with Crippen LogP contribution in [-0.4, -0.2) is 24.7 Å². The summed E-state index contributed by atoms with van der Waals surface area (Å²) in [6, 6.07) is 8.42. The van der Waals surface area contributed by atoms with Crippen molar-refractivity contribution in [2.24, 2.45) is 4.99 Å². The summed E-state index contributed by atoms with van der Waals surface area (Å²) in [5.41, 5.74) is 5.89. The Morgan fingerprint density at radius 1 is 1.38 bits per heavy atom. The standard InChI is InChI=1S/C20H20N2OS/c1-3-10-22-17(23)12-21-19(14-7-4-6-13(2)11-14)18-15-8-5-9-16(15)24-20(18)22/h3-4,6-7,11H,1,5,8-10,12H2,2H3. The molecule has 0 saturated heterocycles. The van der Waals surface area contributed by atoms with E-state index in [4.69, 9.17) is 4.99 Å². The number of carbonyl (C=O) groups excluding carboxylic acids is 1. The highest BCUT2D eigenvalue weighted by atomic mass is 32.1. The topological polar surface area (TPSA) is 32.7 Å². The van der Waals surface area contributed by atoms with E-state index in [1.165, 1.54) is 28.0 Å². The minimum absolute atomic E-state index is 0.0544. The van der Waals surface area contributed by atoms with Gasteiger partial charge in [-0.2, -0.15) is 0 Å². The molecule has 3 nitrogen and oxygen atoms in total. The van der Waals surface area contributed by atoms with Gasteiger partial charge in [0.25, 0.3) is 0 Å². The van der Waals surface area contributed by atoms with Crippen molar-refractivity contribution in [2.75, 3.05) is 18.0 Å². The number of anilines is 1. The molecule has 0 spiro atoms. The van der Waals surface area contributed by atoms with Gasteiger partial charge in [-0.1, -0.05) is 29.8 Å². The fourth-order valence-corrected chi connectivity index (χ4v) is 5.01. The number of thiophene rings is 1. The molecule has 2 aliphatic rings. The lowest BCUT2D eigenvalue weighted by Crippen LogP contribution is -2.31. The van der Waals surface area contributed by atoms with Gasteiger partial charge in [0, 0.05) is 22.5 Å². The summed E-state index contributed by atoms with van der Waals surface area (Å²) in [7, 11) is 0. The number of hydrogen-bond acceptors (Lipinski definition) is 3.